The number of rotatable bonds is 6. The monoisotopic (exact) mass is 289 g/mol. The van der Waals surface area contributed by atoms with E-state index < -0.39 is 0 Å². The van der Waals surface area contributed by atoms with Crippen LogP contribution in [0.3, 0.4) is 0 Å². The Labute approximate surface area is 130 Å². The average Bonchev–Trinajstić information content (AvgIpc) is 2.53. The van der Waals surface area contributed by atoms with Crippen LogP contribution in [-0.2, 0) is 0 Å². The van der Waals surface area contributed by atoms with Crippen molar-refractivity contribution in [2.75, 3.05) is 6.61 Å². The molecule has 1 aromatic carbocycles. The zero-order chi connectivity index (χ0) is 15.2. The summed E-state index contributed by atoms with van der Waals surface area (Å²) in [5, 5.41) is 0. The van der Waals surface area contributed by atoms with Crippen LogP contribution in [0.4, 0.5) is 0 Å². The lowest BCUT2D eigenvalue weighted by Gasteiger charge is -2.34. The van der Waals surface area contributed by atoms with Crippen LogP contribution in [0.5, 0.6) is 5.75 Å². The predicted molar refractivity (Wildman–Crippen MR) is 89.4 cm³/mol. The fraction of sp³-hybridized carbons (Fsp3) is 0.684. The quantitative estimate of drug-likeness (QED) is 0.805. The van der Waals surface area contributed by atoms with Crippen LogP contribution in [0.25, 0.3) is 0 Å². The van der Waals surface area contributed by atoms with Crippen molar-refractivity contribution in [3.8, 4) is 5.75 Å². The third kappa shape index (κ3) is 4.47. The maximum Gasteiger partial charge on any atom is 0.119 e. The summed E-state index contributed by atoms with van der Waals surface area (Å²) in [5.41, 5.74) is 7.76. The standard InChI is InChI=1S/C19H31NO/c1-4-13-21-18-11-9-17(10-12-18)19(20)16-7-5-15(6-8-16)14(2)3/h9-12,14-16,19H,4-8,13,20H2,1-3H3. The van der Waals surface area contributed by atoms with Gasteiger partial charge in [0.25, 0.3) is 0 Å². The van der Waals surface area contributed by atoms with E-state index in [0.717, 1.165) is 30.6 Å². The topological polar surface area (TPSA) is 35.2 Å². The molecular weight excluding hydrogens is 258 g/mol. The van der Waals surface area contributed by atoms with Crippen molar-refractivity contribution in [2.45, 2.75) is 58.9 Å². The van der Waals surface area contributed by atoms with E-state index in [0.29, 0.717) is 5.92 Å². The Hall–Kier alpha value is -1.02. The molecule has 2 rings (SSSR count). The van der Waals surface area contributed by atoms with Crippen molar-refractivity contribution in [3.63, 3.8) is 0 Å². The second-order valence-electron chi connectivity index (χ2n) is 6.86. The van der Waals surface area contributed by atoms with Gasteiger partial charge < -0.3 is 10.5 Å². The van der Waals surface area contributed by atoms with Crippen LogP contribution >= 0.6 is 0 Å². The highest BCUT2D eigenvalue weighted by molar-refractivity contribution is 5.29. The predicted octanol–water partition coefficient (Wildman–Crippen LogP) is 4.94. The first-order valence-corrected chi connectivity index (χ1v) is 8.60. The minimum atomic E-state index is 0.179. The van der Waals surface area contributed by atoms with Crippen molar-refractivity contribution >= 4 is 0 Å². The van der Waals surface area contributed by atoms with Gasteiger partial charge in [0.2, 0.25) is 0 Å². The molecule has 0 spiro atoms. The van der Waals surface area contributed by atoms with E-state index in [4.69, 9.17) is 10.5 Å². The van der Waals surface area contributed by atoms with Gasteiger partial charge in [-0.25, -0.2) is 0 Å². The Kier molecular flexibility index (Phi) is 6.10. The second-order valence-corrected chi connectivity index (χ2v) is 6.86. The van der Waals surface area contributed by atoms with E-state index >= 15 is 0 Å². The van der Waals surface area contributed by atoms with E-state index in [9.17, 15) is 0 Å². The van der Waals surface area contributed by atoms with E-state index in [2.05, 4.69) is 45.0 Å². The van der Waals surface area contributed by atoms with E-state index in [-0.39, 0.29) is 6.04 Å². The minimum absolute atomic E-state index is 0.179. The summed E-state index contributed by atoms with van der Waals surface area (Å²) in [5.74, 6) is 3.31. The molecule has 1 fully saturated rings. The Bertz CT molecular complexity index is 404. The molecule has 118 valence electrons. The van der Waals surface area contributed by atoms with Gasteiger partial charge in [0, 0.05) is 6.04 Å². The highest BCUT2D eigenvalue weighted by atomic mass is 16.5. The lowest BCUT2D eigenvalue weighted by molar-refractivity contribution is 0.203. The molecule has 2 N–H and O–H groups in total. The lowest BCUT2D eigenvalue weighted by Crippen LogP contribution is -2.27. The molecule has 0 bridgehead atoms. The number of hydrogen-bond donors (Lipinski definition) is 1. The van der Waals surface area contributed by atoms with Crippen molar-refractivity contribution in [2.24, 2.45) is 23.5 Å². The van der Waals surface area contributed by atoms with Gasteiger partial charge in [-0.15, -0.1) is 0 Å². The lowest BCUT2D eigenvalue weighted by atomic mass is 9.73. The summed E-state index contributed by atoms with van der Waals surface area (Å²) < 4.78 is 5.63. The van der Waals surface area contributed by atoms with E-state index in [1.165, 1.54) is 31.2 Å². The summed E-state index contributed by atoms with van der Waals surface area (Å²) in [6.45, 7) is 7.60. The van der Waals surface area contributed by atoms with Gasteiger partial charge in [-0.3, -0.25) is 0 Å². The first kappa shape index (κ1) is 16.4. The molecule has 1 aliphatic rings. The minimum Gasteiger partial charge on any atom is -0.494 e. The summed E-state index contributed by atoms with van der Waals surface area (Å²) in [7, 11) is 0. The SMILES string of the molecule is CCCOc1ccc(C(N)C2CCC(C(C)C)CC2)cc1. The highest BCUT2D eigenvalue weighted by Crippen LogP contribution is 2.38. The molecule has 0 amide bonds. The number of ether oxygens (including phenoxy) is 1. The second kappa shape index (κ2) is 7.84. The summed E-state index contributed by atoms with van der Waals surface area (Å²) in [6, 6.07) is 8.59. The number of benzene rings is 1. The summed E-state index contributed by atoms with van der Waals surface area (Å²) >= 11 is 0. The van der Waals surface area contributed by atoms with E-state index in [1.54, 1.807) is 0 Å². The van der Waals surface area contributed by atoms with Gasteiger partial charge >= 0.3 is 0 Å². The molecule has 1 atom stereocenters. The average molecular weight is 289 g/mol. The molecule has 0 radical (unpaired) electrons. The van der Waals surface area contributed by atoms with Crippen molar-refractivity contribution in [1.29, 1.82) is 0 Å². The van der Waals surface area contributed by atoms with Crippen LogP contribution in [-0.4, -0.2) is 6.61 Å². The van der Waals surface area contributed by atoms with Gasteiger partial charge in [-0.2, -0.15) is 0 Å². The zero-order valence-corrected chi connectivity index (χ0v) is 13.8. The van der Waals surface area contributed by atoms with Crippen LogP contribution < -0.4 is 10.5 Å². The molecule has 2 heteroatoms. The first-order chi connectivity index (χ1) is 10.1. The molecule has 0 aromatic heterocycles. The Morgan fingerprint density at radius 1 is 1.05 bits per heavy atom. The molecular formula is C19H31NO. The molecule has 1 unspecified atom stereocenters. The molecule has 1 aliphatic carbocycles. The molecule has 1 saturated carbocycles. The van der Waals surface area contributed by atoms with Crippen LogP contribution in [0.2, 0.25) is 0 Å². The molecule has 1 aromatic rings. The van der Waals surface area contributed by atoms with Crippen LogP contribution in [0.1, 0.15) is 64.5 Å². The van der Waals surface area contributed by atoms with Gasteiger partial charge in [0.1, 0.15) is 5.75 Å². The van der Waals surface area contributed by atoms with Crippen molar-refractivity contribution in [1.82, 2.24) is 0 Å². The third-order valence-electron chi connectivity index (χ3n) is 5.01. The largest absolute Gasteiger partial charge is 0.494 e. The Morgan fingerprint density at radius 3 is 2.14 bits per heavy atom. The zero-order valence-electron chi connectivity index (χ0n) is 13.8. The maximum absolute atomic E-state index is 6.50. The fourth-order valence-corrected chi connectivity index (χ4v) is 3.45. The normalized spacial score (nSPS) is 24.0. The molecule has 0 heterocycles. The Morgan fingerprint density at radius 2 is 1.62 bits per heavy atom. The number of nitrogens with two attached hydrogens (primary N) is 1. The van der Waals surface area contributed by atoms with Crippen molar-refractivity contribution in [3.05, 3.63) is 29.8 Å². The van der Waals surface area contributed by atoms with Gasteiger partial charge in [-0.05, 0) is 67.6 Å². The van der Waals surface area contributed by atoms with Crippen LogP contribution in [0.15, 0.2) is 24.3 Å². The molecule has 2 nitrogen and oxygen atoms in total. The summed E-state index contributed by atoms with van der Waals surface area (Å²) in [4.78, 5) is 0. The fourth-order valence-electron chi connectivity index (χ4n) is 3.45. The van der Waals surface area contributed by atoms with Gasteiger partial charge in [0.05, 0.1) is 6.61 Å². The molecule has 0 saturated heterocycles. The third-order valence-corrected chi connectivity index (χ3v) is 5.01. The maximum atomic E-state index is 6.50. The summed E-state index contributed by atoms with van der Waals surface area (Å²) in [6.07, 6.45) is 6.28. The smallest absolute Gasteiger partial charge is 0.119 e. The molecule has 21 heavy (non-hydrogen) atoms. The Balaban J connectivity index is 1.89. The number of hydrogen-bond acceptors (Lipinski definition) is 2. The highest BCUT2D eigenvalue weighted by Gasteiger charge is 2.27. The van der Waals surface area contributed by atoms with E-state index in [1.807, 2.05) is 0 Å². The first-order valence-electron chi connectivity index (χ1n) is 8.60. The van der Waals surface area contributed by atoms with Gasteiger partial charge in [-0.1, -0.05) is 32.9 Å². The van der Waals surface area contributed by atoms with Crippen LogP contribution in [0, 0.1) is 17.8 Å². The van der Waals surface area contributed by atoms with Gasteiger partial charge in [0.15, 0.2) is 0 Å². The molecule has 0 aliphatic heterocycles. The van der Waals surface area contributed by atoms with Crippen molar-refractivity contribution < 1.29 is 4.74 Å².